The summed E-state index contributed by atoms with van der Waals surface area (Å²) in [5, 5.41) is 0. The topological polar surface area (TPSA) is 52.0 Å². The van der Waals surface area contributed by atoms with Crippen molar-refractivity contribution in [2.24, 2.45) is 11.5 Å². The van der Waals surface area contributed by atoms with Crippen molar-refractivity contribution in [2.45, 2.75) is 19.4 Å². The lowest BCUT2D eigenvalue weighted by atomic mass is 10.0. The van der Waals surface area contributed by atoms with Crippen LogP contribution in [0.2, 0.25) is 0 Å². The van der Waals surface area contributed by atoms with E-state index in [4.69, 9.17) is 11.5 Å². The highest BCUT2D eigenvalue weighted by molar-refractivity contribution is 5.85. The van der Waals surface area contributed by atoms with Crippen LogP contribution in [0.4, 0.5) is 0 Å². The number of rotatable bonds is 3. The fraction of sp³-hybridized carbons (Fsp3) is 0.400. The van der Waals surface area contributed by atoms with Gasteiger partial charge in [-0.15, -0.1) is 12.4 Å². The highest BCUT2D eigenvalue weighted by Gasteiger charge is 2.01. The Hall–Kier alpha value is -0.570. The largest absolute Gasteiger partial charge is 0.330 e. The number of hydrogen-bond acceptors (Lipinski definition) is 2. The monoisotopic (exact) mass is 200 g/mol. The molecule has 1 aromatic carbocycles. The van der Waals surface area contributed by atoms with Gasteiger partial charge in [0.1, 0.15) is 0 Å². The normalized spacial score (nSPS) is 11.9. The van der Waals surface area contributed by atoms with Crippen molar-refractivity contribution in [3.8, 4) is 0 Å². The summed E-state index contributed by atoms with van der Waals surface area (Å²) in [6, 6.07) is 8.31. The molecule has 0 fully saturated rings. The average Bonchev–Trinajstić information content (AvgIpc) is 2.17. The molecule has 0 heterocycles. The van der Waals surface area contributed by atoms with Crippen LogP contribution in [0.3, 0.4) is 0 Å². The molecule has 0 aromatic heterocycles. The van der Waals surface area contributed by atoms with E-state index in [2.05, 4.69) is 31.2 Å². The molecule has 74 valence electrons. The molecule has 13 heavy (non-hydrogen) atoms. The van der Waals surface area contributed by atoms with Crippen LogP contribution in [0.15, 0.2) is 24.3 Å². The van der Waals surface area contributed by atoms with Crippen LogP contribution in [0.1, 0.15) is 24.0 Å². The van der Waals surface area contributed by atoms with Crippen molar-refractivity contribution in [1.29, 1.82) is 0 Å². The Morgan fingerprint density at radius 3 is 2.08 bits per heavy atom. The minimum atomic E-state index is 0. The smallest absolute Gasteiger partial charge is 0.0178 e. The fourth-order valence-corrected chi connectivity index (χ4v) is 1.12. The maximum Gasteiger partial charge on any atom is 0.0178 e. The Morgan fingerprint density at radius 1 is 1.15 bits per heavy atom. The first kappa shape index (κ1) is 12.4. The molecule has 0 aliphatic rings. The van der Waals surface area contributed by atoms with E-state index >= 15 is 0 Å². The third-order valence-corrected chi connectivity index (χ3v) is 2.14. The van der Waals surface area contributed by atoms with Gasteiger partial charge in [-0.3, -0.25) is 0 Å². The van der Waals surface area contributed by atoms with Gasteiger partial charge in [-0.1, -0.05) is 31.2 Å². The van der Waals surface area contributed by atoms with E-state index < -0.39 is 0 Å². The highest BCUT2D eigenvalue weighted by atomic mass is 35.5. The summed E-state index contributed by atoms with van der Waals surface area (Å²) in [5.74, 6) is 0.442. The Balaban J connectivity index is 0.00000144. The maximum atomic E-state index is 5.55. The number of nitrogens with two attached hydrogens (primary N) is 2. The van der Waals surface area contributed by atoms with Crippen LogP contribution in [0.5, 0.6) is 0 Å². The zero-order valence-electron chi connectivity index (χ0n) is 7.86. The van der Waals surface area contributed by atoms with Crippen LogP contribution >= 0.6 is 12.4 Å². The second-order valence-electron chi connectivity index (χ2n) is 3.08. The lowest BCUT2D eigenvalue weighted by molar-refractivity contribution is 0.773. The summed E-state index contributed by atoms with van der Waals surface area (Å²) in [6.07, 6.45) is 0. The molecule has 0 aliphatic heterocycles. The molecular weight excluding hydrogens is 184 g/mol. The maximum absolute atomic E-state index is 5.55. The SMILES string of the molecule is CC(CN)c1ccc(CN)cc1.Cl. The average molecular weight is 201 g/mol. The molecule has 3 heteroatoms. The molecule has 1 aromatic rings. The molecule has 0 radical (unpaired) electrons. The van der Waals surface area contributed by atoms with Crippen LogP contribution in [-0.2, 0) is 6.54 Å². The summed E-state index contributed by atoms with van der Waals surface area (Å²) in [4.78, 5) is 0. The molecule has 0 saturated heterocycles. The Labute approximate surface area is 85.7 Å². The zero-order chi connectivity index (χ0) is 8.97. The van der Waals surface area contributed by atoms with Crippen molar-refractivity contribution >= 4 is 12.4 Å². The second kappa shape index (κ2) is 5.97. The van der Waals surface area contributed by atoms with E-state index in [1.807, 2.05) is 0 Å². The molecule has 1 rings (SSSR count). The lowest BCUT2D eigenvalue weighted by Crippen LogP contribution is -2.08. The van der Waals surface area contributed by atoms with Gasteiger partial charge in [0.2, 0.25) is 0 Å². The van der Waals surface area contributed by atoms with Crippen LogP contribution in [0, 0.1) is 0 Å². The summed E-state index contributed by atoms with van der Waals surface area (Å²) in [5.41, 5.74) is 13.5. The Morgan fingerprint density at radius 2 is 1.69 bits per heavy atom. The van der Waals surface area contributed by atoms with E-state index in [1.165, 1.54) is 11.1 Å². The van der Waals surface area contributed by atoms with Gasteiger partial charge < -0.3 is 11.5 Å². The van der Waals surface area contributed by atoms with Crippen molar-refractivity contribution in [3.63, 3.8) is 0 Å². The quantitative estimate of drug-likeness (QED) is 0.780. The molecule has 0 spiro atoms. The third-order valence-electron chi connectivity index (χ3n) is 2.14. The molecular formula is C10H17ClN2. The number of benzene rings is 1. The third kappa shape index (κ3) is 3.35. The minimum Gasteiger partial charge on any atom is -0.330 e. The van der Waals surface area contributed by atoms with Gasteiger partial charge in [-0.05, 0) is 23.6 Å². The van der Waals surface area contributed by atoms with Crippen molar-refractivity contribution in [1.82, 2.24) is 0 Å². The van der Waals surface area contributed by atoms with Gasteiger partial charge in [-0.25, -0.2) is 0 Å². The van der Waals surface area contributed by atoms with Gasteiger partial charge in [0.25, 0.3) is 0 Å². The molecule has 1 unspecified atom stereocenters. The first-order valence-corrected chi connectivity index (χ1v) is 4.27. The number of halogens is 1. The molecule has 0 bridgehead atoms. The van der Waals surface area contributed by atoms with Gasteiger partial charge >= 0.3 is 0 Å². The molecule has 4 N–H and O–H groups in total. The summed E-state index contributed by atoms with van der Waals surface area (Å²) in [7, 11) is 0. The summed E-state index contributed by atoms with van der Waals surface area (Å²) >= 11 is 0. The zero-order valence-corrected chi connectivity index (χ0v) is 8.68. The Kier molecular flexibility index (Phi) is 5.71. The summed E-state index contributed by atoms with van der Waals surface area (Å²) < 4.78 is 0. The van der Waals surface area contributed by atoms with Crippen LogP contribution in [0.25, 0.3) is 0 Å². The van der Waals surface area contributed by atoms with Crippen molar-refractivity contribution in [2.75, 3.05) is 6.54 Å². The molecule has 0 saturated carbocycles. The molecule has 0 aliphatic carbocycles. The van der Waals surface area contributed by atoms with E-state index in [-0.39, 0.29) is 12.4 Å². The predicted molar refractivity (Wildman–Crippen MR) is 59.1 cm³/mol. The van der Waals surface area contributed by atoms with E-state index in [1.54, 1.807) is 0 Å². The Bertz CT molecular complexity index is 233. The van der Waals surface area contributed by atoms with E-state index in [9.17, 15) is 0 Å². The molecule has 1 atom stereocenters. The standard InChI is InChI=1S/C10H16N2.ClH/c1-8(6-11)10-4-2-9(7-12)3-5-10;/h2-5,8H,6-7,11-12H2,1H3;1H. The van der Waals surface area contributed by atoms with Crippen LogP contribution in [-0.4, -0.2) is 6.54 Å². The van der Waals surface area contributed by atoms with Crippen molar-refractivity contribution < 1.29 is 0 Å². The minimum absolute atomic E-state index is 0. The van der Waals surface area contributed by atoms with E-state index in [0.717, 1.165) is 0 Å². The first-order chi connectivity index (χ1) is 5.77. The second-order valence-corrected chi connectivity index (χ2v) is 3.08. The van der Waals surface area contributed by atoms with E-state index in [0.29, 0.717) is 19.0 Å². The lowest BCUT2D eigenvalue weighted by Gasteiger charge is -2.08. The first-order valence-electron chi connectivity index (χ1n) is 4.27. The fourth-order valence-electron chi connectivity index (χ4n) is 1.12. The van der Waals surface area contributed by atoms with Crippen LogP contribution < -0.4 is 11.5 Å². The van der Waals surface area contributed by atoms with Gasteiger partial charge in [0.05, 0.1) is 0 Å². The van der Waals surface area contributed by atoms with Gasteiger partial charge in [0.15, 0.2) is 0 Å². The number of hydrogen-bond donors (Lipinski definition) is 2. The van der Waals surface area contributed by atoms with Gasteiger partial charge in [-0.2, -0.15) is 0 Å². The predicted octanol–water partition coefficient (Wildman–Crippen LogP) is 1.63. The molecule has 0 amide bonds. The van der Waals surface area contributed by atoms with Crippen molar-refractivity contribution in [3.05, 3.63) is 35.4 Å². The molecule has 2 nitrogen and oxygen atoms in total. The summed E-state index contributed by atoms with van der Waals surface area (Å²) in [6.45, 7) is 3.43. The highest BCUT2D eigenvalue weighted by Crippen LogP contribution is 2.13. The van der Waals surface area contributed by atoms with Gasteiger partial charge in [0, 0.05) is 6.54 Å².